The lowest BCUT2D eigenvalue weighted by molar-refractivity contribution is 0.0884. The Morgan fingerprint density at radius 3 is 2.67 bits per heavy atom. The minimum atomic E-state index is 0.0402. The van der Waals surface area contributed by atoms with E-state index < -0.39 is 0 Å². The topological polar surface area (TPSA) is 44.4 Å². The van der Waals surface area contributed by atoms with Crippen LogP contribution < -0.4 is 10.6 Å². The second kappa shape index (κ2) is 7.46. The van der Waals surface area contributed by atoms with Gasteiger partial charge >= 0.3 is 0 Å². The Bertz CT molecular complexity index is 458. The maximum absolute atomic E-state index is 12.3. The number of amides is 1. The lowest BCUT2D eigenvalue weighted by Gasteiger charge is -2.35. The van der Waals surface area contributed by atoms with Crippen LogP contribution >= 0.6 is 0 Å². The fraction of sp³-hybridized carbons (Fsp3) is 0.588. The number of nitrogens with zero attached hydrogens (tertiary/aromatic N) is 1. The van der Waals surface area contributed by atoms with Gasteiger partial charge in [-0.2, -0.15) is 0 Å². The zero-order valence-electron chi connectivity index (χ0n) is 13.4. The van der Waals surface area contributed by atoms with E-state index in [1.54, 1.807) is 0 Å². The monoisotopic (exact) mass is 289 g/mol. The maximum Gasteiger partial charge on any atom is 0.251 e. The molecule has 1 heterocycles. The third-order valence-corrected chi connectivity index (χ3v) is 4.15. The van der Waals surface area contributed by atoms with Crippen LogP contribution in [0, 0.1) is 5.92 Å². The SMILES string of the molecule is CCCNc1ccc(C(=O)NC2CCN(C)CC2C)cc1. The molecule has 0 saturated carbocycles. The van der Waals surface area contributed by atoms with E-state index in [0.717, 1.165) is 43.7 Å². The Kier molecular flexibility index (Phi) is 5.62. The second-order valence-corrected chi connectivity index (χ2v) is 6.11. The van der Waals surface area contributed by atoms with E-state index in [-0.39, 0.29) is 11.9 Å². The van der Waals surface area contributed by atoms with E-state index in [9.17, 15) is 4.79 Å². The summed E-state index contributed by atoms with van der Waals surface area (Å²) in [5.74, 6) is 0.539. The summed E-state index contributed by atoms with van der Waals surface area (Å²) in [6, 6.07) is 8.03. The van der Waals surface area contributed by atoms with Crippen molar-refractivity contribution in [2.45, 2.75) is 32.7 Å². The largest absolute Gasteiger partial charge is 0.385 e. The van der Waals surface area contributed by atoms with Crippen molar-refractivity contribution in [3.63, 3.8) is 0 Å². The van der Waals surface area contributed by atoms with Crippen molar-refractivity contribution < 1.29 is 4.79 Å². The van der Waals surface area contributed by atoms with Gasteiger partial charge in [-0.15, -0.1) is 0 Å². The highest BCUT2D eigenvalue weighted by molar-refractivity contribution is 5.94. The summed E-state index contributed by atoms with van der Waals surface area (Å²) in [5.41, 5.74) is 1.81. The predicted molar refractivity (Wildman–Crippen MR) is 87.8 cm³/mol. The molecule has 1 aromatic carbocycles. The zero-order chi connectivity index (χ0) is 15.2. The van der Waals surface area contributed by atoms with Gasteiger partial charge in [0.2, 0.25) is 0 Å². The molecule has 0 spiro atoms. The molecule has 116 valence electrons. The minimum absolute atomic E-state index is 0.0402. The number of carbonyl (C=O) groups is 1. The van der Waals surface area contributed by atoms with Gasteiger partial charge in [0.25, 0.3) is 5.91 Å². The molecular weight excluding hydrogens is 262 g/mol. The number of hydrogen-bond donors (Lipinski definition) is 2. The van der Waals surface area contributed by atoms with Gasteiger partial charge in [0.15, 0.2) is 0 Å². The van der Waals surface area contributed by atoms with Gasteiger partial charge in [0, 0.05) is 30.4 Å². The summed E-state index contributed by atoms with van der Waals surface area (Å²) in [5, 5.41) is 6.50. The highest BCUT2D eigenvalue weighted by Crippen LogP contribution is 2.16. The van der Waals surface area contributed by atoms with Gasteiger partial charge in [-0.3, -0.25) is 4.79 Å². The van der Waals surface area contributed by atoms with Gasteiger partial charge < -0.3 is 15.5 Å². The van der Waals surface area contributed by atoms with Gasteiger partial charge in [-0.25, -0.2) is 0 Å². The Morgan fingerprint density at radius 2 is 2.05 bits per heavy atom. The highest BCUT2D eigenvalue weighted by Gasteiger charge is 2.25. The normalized spacial score (nSPS) is 22.8. The summed E-state index contributed by atoms with van der Waals surface area (Å²) >= 11 is 0. The van der Waals surface area contributed by atoms with E-state index in [2.05, 4.69) is 36.4 Å². The summed E-state index contributed by atoms with van der Waals surface area (Å²) in [4.78, 5) is 14.6. The van der Waals surface area contributed by atoms with Gasteiger partial charge in [-0.1, -0.05) is 13.8 Å². The van der Waals surface area contributed by atoms with E-state index in [1.807, 2.05) is 24.3 Å². The fourth-order valence-electron chi connectivity index (χ4n) is 2.83. The van der Waals surface area contributed by atoms with E-state index in [4.69, 9.17) is 0 Å². The van der Waals surface area contributed by atoms with Gasteiger partial charge in [-0.05, 0) is 56.6 Å². The summed E-state index contributed by atoms with van der Waals surface area (Å²) in [6.07, 6.45) is 2.12. The molecule has 1 aliphatic rings. The Morgan fingerprint density at radius 1 is 1.33 bits per heavy atom. The summed E-state index contributed by atoms with van der Waals surface area (Å²) in [6.45, 7) is 7.40. The molecule has 2 unspecified atom stereocenters. The molecule has 1 fully saturated rings. The molecule has 0 bridgehead atoms. The lowest BCUT2D eigenvalue weighted by Crippen LogP contribution is -2.48. The van der Waals surface area contributed by atoms with Crippen molar-refractivity contribution in [2.75, 3.05) is 32.0 Å². The van der Waals surface area contributed by atoms with E-state index >= 15 is 0 Å². The van der Waals surface area contributed by atoms with Crippen LogP contribution in [-0.2, 0) is 0 Å². The first-order valence-electron chi connectivity index (χ1n) is 7.93. The number of hydrogen-bond acceptors (Lipinski definition) is 3. The molecular formula is C17H27N3O. The van der Waals surface area contributed by atoms with Crippen LogP contribution in [0.2, 0.25) is 0 Å². The van der Waals surface area contributed by atoms with Crippen molar-refractivity contribution in [2.24, 2.45) is 5.92 Å². The number of rotatable bonds is 5. The van der Waals surface area contributed by atoms with Crippen LogP contribution in [0.15, 0.2) is 24.3 Å². The molecule has 4 nitrogen and oxygen atoms in total. The molecule has 1 amide bonds. The van der Waals surface area contributed by atoms with Crippen molar-refractivity contribution in [1.82, 2.24) is 10.2 Å². The Hall–Kier alpha value is -1.55. The van der Waals surface area contributed by atoms with Crippen LogP contribution in [0.3, 0.4) is 0 Å². The standard InChI is InChI=1S/C17H27N3O/c1-4-10-18-15-7-5-14(6-8-15)17(21)19-16-9-11-20(3)12-13(16)2/h5-8,13,16,18H,4,9-12H2,1-3H3,(H,19,21). The number of nitrogens with one attached hydrogen (secondary N) is 2. The molecule has 2 atom stereocenters. The molecule has 0 aliphatic carbocycles. The van der Waals surface area contributed by atoms with Crippen molar-refractivity contribution in [1.29, 1.82) is 0 Å². The first-order valence-corrected chi connectivity index (χ1v) is 7.93. The quantitative estimate of drug-likeness (QED) is 0.875. The molecule has 0 aromatic heterocycles. The molecule has 2 rings (SSSR count). The second-order valence-electron chi connectivity index (χ2n) is 6.11. The zero-order valence-corrected chi connectivity index (χ0v) is 13.4. The Balaban J connectivity index is 1.91. The van der Waals surface area contributed by atoms with Gasteiger partial charge in [0.1, 0.15) is 0 Å². The van der Waals surface area contributed by atoms with E-state index in [1.165, 1.54) is 0 Å². The van der Waals surface area contributed by atoms with Crippen LogP contribution in [0.1, 0.15) is 37.0 Å². The molecule has 1 aliphatic heterocycles. The maximum atomic E-state index is 12.3. The third-order valence-electron chi connectivity index (χ3n) is 4.15. The van der Waals surface area contributed by atoms with Crippen LogP contribution in [-0.4, -0.2) is 43.5 Å². The van der Waals surface area contributed by atoms with Crippen molar-refractivity contribution >= 4 is 11.6 Å². The van der Waals surface area contributed by atoms with Crippen molar-refractivity contribution in [3.05, 3.63) is 29.8 Å². The molecule has 1 aromatic rings. The molecule has 0 radical (unpaired) electrons. The average molecular weight is 289 g/mol. The Labute approximate surface area is 127 Å². The van der Waals surface area contributed by atoms with Crippen molar-refractivity contribution in [3.8, 4) is 0 Å². The third kappa shape index (κ3) is 4.46. The number of benzene rings is 1. The molecule has 1 saturated heterocycles. The fourth-order valence-corrected chi connectivity index (χ4v) is 2.83. The number of carbonyl (C=O) groups excluding carboxylic acids is 1. The number of anilines is 1. The van der Waals surface area contributed by atoms with Crippen LogP contribution in [0.25, 0.3) is 0 Å². The first-order chi connectivity index (χ1) is 10.1. The summed E-state index contributed by atoms with van der Waals surface area (Å²) < 4.78 is 0. The first kappa shape index (κ1) is 15.8. The van der Waals surface area contributed by atoms with Crippen LogP contribution in [0.5, 0.6) is 0 Å². The number of piperidine rings is 1. The van der Waals surface area contributed by atoms with Gasteiger partial charge in [0.05, 0.1) is 0 Å². The highest BCUT2D eigenvalue weighted by atomic mass is 16.1. The van der Waals surface area contributed by atoms with E-state index in [0.29, 0.717) is 5.92 Å². The minimum Gasteiger partial charge on any atom is -0.385 e. The van der Waals surface area contributed by atoms with Crippen LogP contribution in [0.4, 0.5) is 5.69 Å². The molecule has 4 heteroatoms. The number of likely N-dealkylation sites (tertiary alicyclic amines) is 1. The lowest BCUT2D eigenvalue weighted by atomic mass is 9.94. The smallest absolute Gasteiger partial charge is 0.251 e. The average Bonchev–Trinajstić information content (AvgIpc) is 2.48. The predicted octanol–water partition coefficient (Wildman–Crippen LogP) is 2.58. The summed E-state index contributed by atoms with van der Waals surface area (Å²) in [7, 11) is 2.14. The molecule has 2 N–H and O–H groups in total. The molecule has 21 heavy (non-hydrogen) atoms.